The molecule has 1 aromatic carbocycles. The van der Waals surface area contributed by atoms with E-state index in [2.05, 4.69) is 20.1 Å². The second-order valence-corrected chi connectivity index (χ2v) is 5.98. The van der Waals surface area contributed by atoms with Crippen LogP contribution in [-0.2, 0) is 4.79 Å². The summed E-state index contributed by atoms with van der Waals surface area (Å²) in [6.07, 6.45) is 1.80. The number of thiazole rings is 1. The zero-order valence-corrected chi connectivity index (χ0v) is 12.9. The Bertz CT molecular complexity index is 626. The van der Waals surface area contributed by atoms with Crippen molar-refractivity contribution in [2.45, 2.75) is 0 Å². The molecule has 0 bridgehead atoms. The average molecular weight is 320 g/mol. The van der Waals surface area contributed by atoms with E-state index in [1.54, 1.807) is 35.7 Å². The minimum Gasteiger partial charge on any atom is -0.346 e. The molecule has 0 unspecified atom stereocenters. The predicted octanol–water partition coefficient (Wildman–Crippen LogP) is 2.04. The van der Waals surface area contributed by atoms with Crippen LogP contribution in [0, 0.1) is 5.82 Å². The van der Waals surface area contributed by atoms with Crippen LogP contribution in [0.15, 0.2) is 35.8 Å². The lowest BCUT2D eigenvalue weighted by Crippen LogP contribution is -2.48. The maximum Gasteiger partial charge on any atom is 0.238 e. The minimum absolute atomic E-state index is 0.187. The summed E-state index contributed by atoms with van der Waals surface area (Å²) in [5.74, 6) is -0.600. The number of hydrogen-bond acceptors (Lipinski definition) is 5. The summed E-state index contributed by atoms with van der Waals surface area (Å²) >= 11 is 1.62. The smallest absolute Gasteiger partial charge is 0.238 e. The molecule has 1 N–H and O–H groups in total. The molecule has 116 valence electrons. The van der Waals surface area contributed by atoms with Gasteiger partial charge in [0.1, 0.15) is 5.82 Å². The van der Waals surface area contributed by atoms with E-state index >= 15 is 0 Å². The van der Waals surface area contributed by atoms with Crippen molar-refractivity contribution in [2.75, 3.05) is 42.9 Å². The van der Waals surface area contributed by atoms with Gasteiger partial charge in [-0.25, -0.2) is 9.37 Å². The van der Waals surface area contributed by atoms with E-state index in [1.165, 1.54) is 6.07 Å². The number of hydrogen-bond donors (Lipinski definition) is 1. The quantitative estimate of drug-likeness (QED) is 0.937. The molecule has 7 heteroatoms. The molecule has 1 aliphatic heterocycles. The highest BCUT2D eigenvalue weighted by atomic mass is 32.1. The van der Waals surface area contributed by atoms with E-state index in [4.69, 9.17) is 0 Å². The number of piperazine rings is 1. The molecule has 1 aliphatic rings. The van der Waals surface area contributed by atoms with E-state index in [0.29, 0.717) is 0 Å². The molecular weight excluding hydrogens is 303 g/mol. The SMILES string of the molecule is O=C(CN1CCN(c2nccs2)CC1)Nc1ccccc1F. The Labute approximate surface area is 132 Å². The number of anilines is 2. The van der Waals surface area contributed by atoms with Crippen molar-refractivity contribution in [1.82, 2.24) is 9.88 Å². The molecule has 1 amide bonds. The van der Waals surface area contributed by atoms with Crippen LogP contribution in [0.25, 0.3) is 0 Å². The van der Waals surface area contributed by atoms with Gasteiger partial charge in [0.15, 0.2) is 5.13 Å². The van der Waals surface area contributed by atoms with Crippen LogP contribution in [0.4, 0.5) is 15.2 Å². The van der Waals surface area contributed by atoms with Crippen LogP contribution >= 0.6 is 11.3 Å². The molecule has 0 atom stereocenters. The fourth-order valence-electron chi connectivity index (χ4n) is 2.42. The van der Waals surface area contributed by atoms with Gasteiger partial charge in [0.25, 0.3) is 0 Å². The predicted molar refractivity (Wildman–Crippen MR) is 85.8 cm³/mol. The Morgan fingerprint density at radius 1 is 1.27 bits per heavy atom. The van der Waals surface area contributed by atoms with E-state index in [9.17, 15) is 9.18 Å². The second-order valence-electron chi connectivity index (χ2n) is 5.11. The van der Waals surface area contributed by atoms with Gasteiger partial charge in [-0.15, -0.1) is 11.3 Å². The topological polar surface area (TPSA) is 48.5 Å². The zero-order chi connectivity index (χ0) is 15.4. The molecular formula is C15H17FN4OS. The third kappa shape index (κ3) is 3.61. The summed E-state index contributed by atoms with van der Waals surface area (Å²) in [7, 11) is 0. The van der Waals surface area contributed by atoms with Gasteiger partial charge < -0.3 is 10.2 Å². The number of halogens is 1. The maximum absolute atomic E-state index is 13.5. The van der Waals surface area contributed by atoms with Crippen LogP contribution in [-0.4, -0.2) is 48.5 Å². The van der Waals surface area contributed by atoms with Crippen molar-refractivity contribution in [1.29, 1.82) is 0 Å². The van der Waals surface area contributed by atoms with Crippen molar-refractivity contribution in [3.05, 3.63) is 41.7 Å². The molecule has 0 radical (unpaired) electrons. The number of rotatable bonds is 4. The largest absolute Gasteiger partial charge is 0.346 e. The number of amides is 1. The Kier molecular flexibility index (Phi) is 4.65. The first-order valence-electron chi connectivity index (χ1n) is 7.13. The molecule has 0 aliphatic carbocycles. The first kappa shape index (κ1) is 14.9. The normalized spacial score (nSPS) is 15.8. The van der Waals surface area contributed by atoms with Crippen molar-refractivity contribution < 1.29 is 9.18 Å². The van der Waals surface area contributed by atoms with Crippen LogP contribution in [0.2, 0.25) is 0 Å². The van der Waals surface area contributed by atoms with Gasteiger partial charge in [0.05, 0.1) is 12.2 Å². The number of benzene rings is 1. The fraction of sp³-hybridized carbons (Fsp3) is 0.333. The van der Waals surface area contributed by atoms with E-state index in [1.807, 2.05) is 5.38 Å². The molecule has 1 aromatic heterocycles. The lowest BCUT2D eigenvalue weighted by atomic mass is 10.3. The number of nitrogens with zero attached hydrogens (tertiary/aromatic N) is 3. The van der Waals surface area contributed by atoms with E-state index in [0.717, 1.165) is 31.3 Å². The van der Waals surface area contributed by atoms with Gasteiger partial charge in [-0.2, -0.15) is 0 Å². The molecule has 0 saturated carbocycles. The third-order valence-corrected chi connectivity index (χ3v) is 4.41. The van der Waals surface area contributed by atoms with Crippen LogP contribution in [0.1, 0.15) is 0 Å². The summed E-state index contributed by atoms with van der Waals surface area (Å²) < 4.78 is 13.5. The van der Waals surface area contributed by atoms with Gasteiger partial charge in [-0.05, 0) is 12.1 Å². The van der Waals surface area contributed by atoms with Crippen molar-refractivity contribution in [3.8, 4) is 0 Å². The maximum atomic E-state index is 13.5. The molecule has 22 heavy (non-hydrogen) atoms. The fourth-order valence-corrected chi connectivity index (χ4v) is 3.12. The Balaban J connectivity index is 1.48. The Morgan fingerprint density at radius 3 is 2.73 bits per heavy atom. The monoisotopic (exact) mass is 320 g/mol. The summed E-state index contributed by atoms with van der Waals surface area (Å²) in [6, 6.07) is 6.20. The van der Waals surface area contributed by atoms with Gasteiger partial charge in [-0.3, -0.25) is 9.69 Å². The molecule has 5 nitrogen and oxygen atoms in total. The Hall–Kier alpha value is -1.99. The average Bonchev–Trinajstić information content (AvgIpc) is 3.05. The molecule has 0 spiro atoms. The molecule has 2 heterocycles. The third-order valence-electron chi connectivity index (χ3n) is 3.58. The molecule has 3 rings (SSSR count). The van der Waals surface area contributed by atoms with Gasteiger partial charge in [0.2, 0.25) is 5.91 Å². The van der Waals surface area contributed by atoms with E-state index in [-0.39, 0.29) is 18.1 Å². The number of para-hydroxylation sites is 1. The van der Waals surface area contributed by atoms with E-state index < -0.39 is 5.82 Å². The summed E-state index contributed by atoms with van der Waals surface area (Å²) in [6.45, 7) is 3.57. The van der Waals surface area contributed by atoms with Crippen molar-refractivity contribution in [2.24, 2.45) is 0 Å². The molecule has 1 saturated heterocycles. The standard InChI is InChI=1S/C15H17FN4OS/c16-12-3-1-2-4-13(12)18-14(21)11-19-6-8-20(9-7-19)15-17-5-10-22-15/h1-5,10H,6-9,11H2,(H,18,21). The zero-order valence-electron chi connectivity index (χ0n) is 12.0. The highest BCUT2D eigenvalue weighted by Gasteiger charge is 2.20. The van der Waals surface area contributed by atoms with Crippen molar-refractivity contribution in [3.63, 3.8) is 0 Å². The van der Waals surface area contributed by atoms with Gasteiger partial charge in [-0.1, -0.05) is 12.1 Å². The summed E-state index contributed by atoms with van der Waals surface area (Å²) in [4.78, 5) is 20.6. The van der Waals surface area contributed by atoms with Gasteiger partial charge in [0, 0.05) is 37.8 Å². The number of carbonyl (C=O) groups is 1. The van der Waals surface area contributed by atoms with Crippen molar-refractivity contribution >= 4 is 28.1 Å². The van der Waals surface area contributed by atoms with Crippen LogP contribution < -0.4 is 10.2 Å². The minimum atomic E-state index is -0.413. The van der Waals surface area contributed by atoms with Crippen LogP contribution in [0.5, 0.6) is 0 Å². The number of nitrogens with one attached hydrogen (secondary N) is 1. The highest BCUT2D eigenvalue weighted by molar-refractivity contribution is 7.13. The summed E-state index contributed by atoms with van der Waals surface area (Å²) in [5, 5.41) is 5.60. The summed E-state index contributed by atoms with van der Waals surface area (Å²) in [5.41, 5.74) is 0.230. The van der Waals surface area contributed by atoms with Gasteiger partial charge >= 0.3 is 0 Å². The second kappa shape index (κ2) is 6.85. The Morgan fingerprint density at radius 2 is 2.05 bits per heavy atom. The lowest BCUT2D eigenvalue weighted by molar-refractivity contribution is -0.117. The highest BCUT2D eigenvalue weighted by Crippen LogP contribution is 2.19. The lowest BCUT2D eigenvalue weighted by Gasteiger charge is -2.34. The number of carbonyl (C=O) groups excluding carboxylic acids is 1. The molecule has 2 aromatic rings. The number of aromatic nitrogens is 1. The first-order valence-corrected chi connectivity index (χ1v) is 8.01. The van der Waals surface area contributed by atoms with Crippen LogP contribution in [0.3, 0.4) is 0 Å². The molecule has 1 fully saturated rings. The first-order chi connectivity index (χ1) is 10.7.